The Hall–Kier alpha value is -4.16. The molecule has 0 saturated carbocycles. The second-order valence-electron chi connectivity index (χ2n) is 8.37. The number of anilines is 2. The second-order valence-corrected chi connectivity index (χ2v) is 11.1. The van der Waals surface area contributed by atoms with Crippen molar-refractivity contribution in [2.75, 3.05) is 5.32 Å². The maximum atomic E-state index is 9.08. The quantitative estimate of drug-likeness (QED) is 0.177. The summed E-state index contributed by atoms with van der Waals surface area (Å²) in [6.07, 6.45) is 1.36. The van der Waals surface area contributed by atoms with Crippen LogP contribution in [0.5, 0.6) is 0 Å². The van der Waals surface area contributed by atoms with Crippen molar-refractivity contribution < 1.29 is 0 Å². The van der Waals surface area contributed by atoms with Crippen LogP contribution in [-0.4, -0.2) is 15.0 Å². The van der Waals surface area contributed by atoms with Gasteiger partial charge in [0.1, 0.15) is 11.0 Å². The lowest BCUT2D eigenvalue weighted by Gasteiger charge is -2.02. The van der Waals surface area contributed by atoms with Crippen LogP contribution in [0.15, 0.2) is 72.8 Å². The van der Waals surface area contributed by atoms with Crippen molar-refractivity contribution in [2.45, 2.75) is 0 Å². The zero-order chi connectivity index (χ0) is 24.2. The minimum atomic E-state index is 0.663. The van der Waals surface area contributed by atoms with Crippen molar-refractivity contribution in [3.05, 3.63) is 83.9 Å². The van der Waals surface area contributed by atoms with Crippen molar-refractivity contribution in [1.29, 1.82) is 10.7 Å². The number of nitriles is 1. The highest BCUT2D eigenvalue weighted by Crippen LogP contribution is 2.58. The van der Waals surface area contributed by atoms with Crippen molar-refractivity contribution in [1.82, 2.24) is 8.75 Å². The molecular weight excluding hydrogens is 503 g/mol. The van der Waals surface area contributed by atoms with E-state index in [4.69, 9.17) is 19.4 Å². The molecule has 3 aromatic carbocycles. The molecule has 3 aromatic heterocycles. The van der Waals surface area contributed by atoms with Crippen LogP contribution in [0.2, 0.25) is 0 Å². The molecule has 6 aromatic rings. The van der Waals surface area contributed by atoms with Crippen LogP contribution >= 0.6 is 34.4 Å². The lowest BCUT2D eigenvalue weighted by Crippen LogP contribution is -1.79. The van der Waals surface area contributed by atoms with E-state index in [1.165, 1.54) is 22.8 Å². The molecule has 170 valence electrons. The first-order chi connectivity index (χ1) is 17.7. The van der Waals surface area contributed by atoms with E-state index in [2.05, 4.69) is 47.8 Å². The Morgan fingerprint density at radius 1 is 0.694 bits per heavy atom. The molecule has 2 N–H and O–H groups in total. The highest BCUT2D eigenvalue weighted by Gasteiger charge is 2.33. The van der Waals surface area contributed by atoms with E-state index < -0.39 is 0 Å². The molecule has 7 rings (SSSR count). The molecule has 0 aliphatic carbocycles. The summed E-state index contributed by atoms with van der Waals surface area (Å²) in [5, 5.41) is 20.0. The Balaban J connectivity index is 1.29. The average molecular weight is 518 g/mol. The van der Waals surface area contributed by atoms with Gasteiger partial charge in [-0.15, -0.1) is 22.7 Å². The molecule has 0 amide bonds. The molecule has 0 saturated heterocycles. The summed E-state index contributed by atoms with van der Waals surface area (Å²) in [4.78, 5) is 4.65. The fourth-order valence-electron chi connectivity index (χ4n) is 4.41. The summed E-state index contributed by atoms with van der Waals surface area (Å²) < 4.78 is 9.42. The molecule has 0 radical (unpaired) electrons. The topological polar surface area (TPSA) is 95.4 Å². The number of fused-ring (bicyclic) bond motifs is 2. The second kappa shape index (κ2) is 8.21. The van der Waals surface area contributed by atoms with Crippen LogP contribution < -0.4 is 5.32 Å². The van der Waals surface area contributed by atoms with Gasteiger partial charge in [-0.1, -0.05) is 36.4 Å². The monoisotopic (exact) mass is 517 g/mol. The van der Waals surface area contributed by atoms with E-state index >= 15 is 0 Å². The molecule has 1 aliphatic rings. The molecule has 0 fully saturated rings. The van der Waals surface area contributed by atoms with Crippen molar-refractivity contribution in [3.63, 3.8) is 0 Å². The minimum absolute atomic E-state index is 0.663. The first kappa shape index (κ1) is 21.1. The highest BCUT2D eigenvalue weighted by atomic mass is 32.1. The van der Waals surface area contributed by atoms with E-state index in [-0.39, 0.29) is 0 Å². The van der Waals surface area contributed by atoms with Gasteiger partial charge in [-0.3, -0.25) is 0 Å². The van der Waals surface area contributed by atoms with Crippen LogP contribution in [0.25, 0.3) is 52.8 Å². The standard InChI is InChI=1S/C28H15N5S3/c29-13-15-1-5-17(6-2-15)19-9-11-21(34-19)23-25-26(31-25)24(28-27(23)32-36-33-28)22-12-10-20(35-22)18-7-3-16(14-30)4-8-18/h1-13,29,31H. The first-order valence-electron chi connectivity index (χ1n) is 11.1. The fourth-order valence-corrected chi connectivity index (χ4v) is 7.10. The number of benzene rings is 3. The normalized spacial score (nSPS) is 11.6. The van der Waals surface area contributed by atoms with Gasteiger partial charge in [-0.25, -0.2) is 0 Å². The third kappa shape index (κ3) is 3.37. The summed E-state index contributed by atoms with van der Waals surface area (Å²) >= 11 is 4.72. The van der Waals surface area contributed by atoms with Gasteiger partial charge in [0.05, 0.1) is 34.7 Å². The molecule has 0 unspecified atom stereocenters. The minimum Gasteiger partial charge on any atom is -0.351 e. The van der Waals surface area contributed by atoms with Crippen LogP contribution in [0.4, 0.5) is 11.4 Å². The predicted molar refractivity (Wildman–Crippen MR) is 151 cm³/mol. The van der Waals surface area contributed by atoms with Gasteiger partial charge >= 0.3 is 0 Å². The Labute approximate surface area is 218 Å². The van der Waals surface area contributed by atoms with Crippen molar-refractivity contribution in [2.24, 2.45) is 0 Å². The van der Waals surface area contributed by atoms with Crippen molar-refractivity contribution >= 4 is 63.0 Å². The van der Waals surface area contributed by atoms with E-state index in [9.17, 15) is 0 Å². The van der Waals surface area contributed by atoms with Crippen LogP contribution in [0, 0.1) is 16.7 Å². The number of nitrogens with one attached hydrogen (secondary N) is 2. The summed E-state index contributed by atoms with van der Waals surface area (Å²) in [6.45, 7) is 0. The maximum Gasteiger partial charge on any atom is 0.116 e. The van der Waals surface area contributed by atoms with Gasteiger partial charge in [-0.05, 0) is 53.1 Å². The number of hydrogen-bond donors (Lipinski definition) is 2. The van der Waals surface area contributed by atoms with Gasteiger partial charge in [-0.2, -0.15) is 14.0 Å². The molecule has 1 aliphatic heterocycles. The van der Waals surface area contributed by atoms with Gasteiger partial charge in [0.25, 0.3) is 0 Å². The van der Waals surface area contributed by atoms with Crippen LogP contribution in [-0.2, 0) is 0 Å². The molecule has 0 atom stereocenters. The lowest BCUT2D eigenvalue weighted by molar-refractivity contribution is 1.49. The van der Waals surface area contributed by atoms with Gasteiger partial charge in [0.15, 0.2) is 0 Å². The molecular formula is C28H15N5S3. The molecule has 36 heavy (non-hydrogen) atoms. The molecule has 0 bridgehead atoms. The maximum absolute atomic E-state index is 9.08. The zero-order valence-corrected chi connectivity index (χ0v) is 21.0. The molecule has 5 nitrogen and oxygen atoms in total. The SMILES string of the molecule is N#Cc1ccc(-c2ccc(-c3c4c(c(-c5ccc(-c6ccc(C=N)cc6)s5)c5nsnc35)N4)s2)cc1. The first-order valence-corrected chi connectivity index (χ1v) is 13.5. The number of hydrogen-bond acceptors (Lipinski definition) is 8. The molecule has 4 heterocycles. The summed E-state index contributed by atoms with van der Waals surface area (Å²) in [5.74, 6) is 0. The Bertz CT molecular complexity index is 1830. The van der Waals surface area contributed by atoms with E-state index in [0.717, 1.165) is 64.9 Å². The van der Waals surface area contributed by atoms with Crippen LogP contribution in [0.1, 0.15) is 11.1 Å². The number of nitrogens with zero attached hydrogens (tertiary/aromatic N) is 3. The van der Waals surface area contributed by atoms with Gasteiger partial charge < -0.3 is 10.7 Å². The van der Waals surface area contributed by atoms with E-state index in [1.54, 1.807) is 22.7 Å². The summed E-state index contributed by atoms with van der Waals surface area (Å²) in [7, 11) is 0. The van der Waals surface area contributed by atoms with Crippen molar-refractivity contribution in [3.8, 4) is 47.8 Å². The highest BCUT2D eigenvalue weighted by molar-refractivity contribution is 7.19. The Morgan fingerprint density at radius 3 is 1.69 bits per heavy atom. The number of thiophene rings is 2. The van der Waals surface area contributed by atoms with E-state index in [1.807, 2.05) is 36.4 Å². The Kier molecular flexibility index (Phi) is 4.82. The molecule has 0 spiro atoms. The van der Waals surface area contributed by atoms with Gasteiger partial charge in [0, 0.05) is 36.9 Å². The van der Waals surface area contributed by atoms with Crippen LogP contribution in [0.3, 0.4) is 0 Å². The largest absolute Gasteiger partial charge is 0.351 e. The third-order valence-electron chi connectivity index (χ3n) is 6.26. The summed E-state index contributed by atoms with van der Waals surface area (Å²) in [5.41, 5.74) is 10.1. The smallest absolute Gasteiger partial charge is 0.116 e. The fraction of sp³-hybridized carbons (Fsp3) is 0. The zero-order valence-electron chi connectivity index (χ0n) is 18.6. The van der Waals surface area contributed by atoms with E-state index in [0.29, 0.717) is 5.56 Å². The Morgan fingerprint density at radius 2 is 1.19 bits per heavy atom. The van der Waals surface area contributed by atoms with Gasteiger partial charge in [0.2, 0.25) is 0 Å². The number of aromatic nitrogens is 2. The predicted octanol–water partition coefficient (Wildman–Crippen LogP) is 8.41. The average Bonchev–Trinajstić information content (AvgIpc) is 3.32. The third-order valence-corrected chi connectivity index (χ3v) is 9.10. The summed E-state index contributed by atoms with van der Waals surface area (Å²) in [6, 6.07) is 26.5. The number of rotatable bonds is 5. The lowest BCUT2D eigenvalue weighted by atomic mass is 10.1. The molecule has 8 heteroatoms.